The molecule has 1 fully saturated rings. The first-order chi connectivity index (χ1) is 7.83. The first-order valence-electron chi connectivity index (χ1n) is 6.06. The van der Waals surface area contributed by atoms with Gasteiger partial charge in [-0.3, -0.25) is 0 Å². The van der Waals surface area contributed by atoms with Crippen molar-refractivity contribution in [1.82, 2.24) is 5.32 Å². The molecule has 3 unspecified atom stereocenters. The summed E-state index contributed by atoms with van der Waals surface area (Å²) in [5.74, 6) is 1.03. The number of nitrogens with one attached hydrogen (secondary N) is 1. The van der Waals surface area contributed by atoms with Gasteiger partial charge in [-0.1, -0.05) is 18.2 Å². The van der Waals surface area contributed by atoms with E-state index in [0.717, 1.165) is 25.2 Å². The lowest BCUT2D eigenvalue weighted by Gasteiger charge is -2.17. The van der Waals surface area contributed by atoms with Gasteiger partial charge in [-0.15, -0.1) is 0 Å². The van der Waals surface area contributed by atoms with Crippen LogP contribution in [0, 0.1) is 0 Å². The lowest BCUT2D eigenvalue weighted by atomic mass is 10.1. The highest BCUT2D eigenvalue weighted by atomic mass is 16.5. The van der Waals surface area contributed by atoms with Crippen LogP contribution in [0.3, 0.4) is 0 Å². The zero-order valence-electron chi connectivity index (χ0n) is 9.36. The van der Waals surface area contributed by atoms with Gasteiger partial charge < -0.3 is 15.8 Å². The van der Waals surface area contributed by atoms with Gasteiger partial charge in [-0.05, 0) is 25.3 Å². The Kier molecular flexibility index (Phi) is 2.58. The van der Waals surface area contributed by atoms with E-state index in [4.69, 9.17) is 10.5 Å². The van der Waals surface area contributed by atoms with Crippen molar-refractivity contribution in [1.29, 1.82) is 0 Å². The number of hydrogen-bond acceptors (Lipinski definition) is 3. The minimum atomic E-state index is 0.353. The minimum Gasteiger partial charge on any atom is -0.491 e. The molecule has 0 radical (unpaired) electrons. The summed E-state index contributed by atoms with van der Waals surface area (Å²) in [6.45, 7) is 0.755. The fraction of sp³-hybridized carbons (Fsp3) is 0.538. The van der Waals surface area contributed by atoms with Crippen LogP contribution in [0.25, 0.3) is 0 Å². The molecule has 3 nitrogen and oxygen atoms in total. The largest absolute Gasteiger partial charge is 0.491 e. The first-order valence-corrected chi connectivity index (χ1v) is 6.06. The number of fused-ring (bicyclic) bond motifs is 1. The van der Waals surface area contributed by atoms with Gasteiger partial charge in [0.25, 0.3) is 0 Å². The molecule has 0 bridgehead atoms. The van der Waals surface area contributed by atoms with Gasteiger partial charge >= 0.3 is 0 Å². The predicted octanol–water partition coefficient (Wildman–Crippen LogP) is 1.59. The number of para-hydroxylation sites is 1. The van der Waals surface area contributed by atoms with Crippen molar-refractivity contribution in [2.24, 2.45) is 5.73 Å². The highest BCUT2D eigenvalue weighted by Crippen LogP contribution is 2.33. The van der Waals surface area contributed by atoms with E-state index in [1.165, 1.54) is 12.0 Å². The van der Waals surface area contributed by atoms with Crippen LogP contribution < -0.4 is 15.8 Å². The van der Waals surface area contributed by atoms with Crippen molar-refractivity contribution < 1.29 is 4.74 Å². The van der Waals surface area contributed by atoms with Crippen molar-refractivity contribution in [3.8, 4) is 5.75 Å². The zero-order chi connectivity index (χ0) is 11.0. The molecule has 3 heteroatoms. The molecular weight excluding hydrogens is 200 g/mol. The van der Waals surface area contributed by atoms with E-state index in [0.29, 0.717) is 18.1 Å². The summed E-state index contributed by atoms with van der Waals surface area (Å²) in [4.78, 5) is 0. The lowest BCUT2D eigenvalue weighted by molar-refractivity contribution is 0.296. The van der Waals surface area contributed by atoms with Gasteiger partial charge in [0.05, 0.1) is 6.04 Å². The molecule has 1 aromatic carbocycles. The third-order valence-corrected chi connectivity index (χ3v) is 3.61. The van der Waals surface area contributed by atoms with Crippen LogP contribution in [-0.2, 0) is 0 Å². The van der Waals surface area contributed by atoms with Crippen molar-refractivity contribution in [3.05, 3.63) is 29.8 Å². The standard InChI is InChI=1S/C13H18N2O/c14-9-5-6-10(7-9)15-12-8-16-13-4-2-1-3-11(12)13/h1-4,9-10,12,15H,5-8,14H2. The van der Waals surface area contributed by atoms with Crippen molar-refractivity contribution >= 4 is 0 Å². The van der Waals surface area contributed by atoms with Crippen molar-refractivity contribution in [3.63, 3.8) is 0 Å². The summed E-state index contributed by atoms with van der Waals surface area (Å²) in [6, 6.07) is 9.58. The Morgan fingerprint density at radius 2 is 2.12 bits per heavy atom. The highest BCUT2D eigenvalue weighted by molar-refractivity contribution is 5.39. The second kappa shape index (κ2) is 4.07. The Morgan fingerprint density at radius 3 is 2.94 bits per heavy atom. The van der Waals surface area contributed by atoms with Gasteiger partial charge in [0.1, 0.15) is 12.4 Å². The van der Waals surface area contributed by atoms with Crippen LogP contribution in [-0.4, -0.2) is 18.7 Å². The van der Waals surface area contributed by atoms with Gasteiger partial charge in [0.2, 0.25) is 0 Å². The van der Waals surface area contributed by atoms with E-state index in [2.05, 4.69) is 17.4 Å². The SMILES string of the molecule is NC1CCC(NC2COc3ccccc32)C1. The monoisotopic (exact) mass is 218 g/mol. The molecule has 1 saturated carbocycles. The molecule has 0 spiro atoms. The van der Waals surface area contributed by atoms with E-state index in [1.807, 2.05) is 12.1 Å². The molecule has 0 amide bonds. The predicted molar refractivity (Wildman–Crippen MR) is 63.4 cm³/mol. The second-order valence-electron chi connectivity index (χ2n) is 4.84. The lowest BCUT2D eigenvalue weighted by Crippen LogP contribution is -2.33. The fourth-order valence-corrected chi connectivity index (χ4v) is 2.75. The summed E-state index contributed by atoms with van der Waals surface area (Å²) >= 11 is 0. The van der Waals surface area contributed by atoms with E-state index in [1.54, 1.807) is 0 Å². The Labute approximate surface area is 96.0 Å². The van der Waals surface area contributed by atoms with E-state index < -0.39 is 0 Å². The summed E-state index contributed by atoms with van der Waals surface area (Å²) in [5.41, 5.74) is 7.22. The molecule has 16 heavy (non-hydrogen) atoms. The normalized spacial score (nSPS) is 32.4. The van der Waals surface area contributed by atoms with Crippen LogP contribution in [0.15, 0.2) is 24.3 Å². The molecule has 2 aliphatic rings. The van der Waals surface area contributed by atoms with Crippen LogP contribution in [0.4, 0.5) is 0 Å². The zero-order valence-corrected chi connectivity index (χ0v) is 9.36. The highest BCUT2D eigenvalue weighted by Gasteiger charge is 2.29. The van der Waals surface area contributed by atoms with Crippen molar-refractivity contribution in [2.45, 2.75) is 37.4 Å². The molecule has 1 aromatic rings. The number of benzene rings is 1. The van der Waals surface area contributed by atoms with Crippen LogP contribution in [0.1, 0.15) is 30.9 Å². The molecule has 0 saturated heterocycles. The van der Waals surface area contributed by atoms with Gasteiger partial charge in [-0.25, -0.2) is 0 Å². The molecule has 1 heterocycles. The van der Waals surface area contributed by atoms with Crippen LogP contribution >= 0.6 is 0 Å². The Morgan fingerprint density at radius 1 is 1.25 bits per heavy atom. The smallest absolute Gasteiger partial charge is 0.124 e. The Hall–Kier alpha value is -1.06. The molecule has 0 aromatic heterocycles. The number of ether oxygens (including phenoxy) is 1. The quantitative estimate of drug-likeness (QED) is 0.792. The van der Waals surface area contributed by atoms with Gasteiger partial charge in [-0.2, -0.15) is 0 Å². The second-order valence-corrected chi connectivity index (χ2v) is 4.84. The number of hydrogen-bond donors (Lipinski definition) is 2. The third-order valence-electron chi connectivity index (χ3n) is 3.61. The molecule has 86 valence electrons. The van der Waals surface area contributed by atoms with E-state index >= 15 is 0 Å². The molecule has 3 atom stereocenters. The molecular formula is C13H18N2O. The summed E-state index contributed by atoms with van der Waals surface area (Å²) < 4.78 is 5.65. The van der Waals surface area contributed by atoms with Crippen LogP contribution in [0.2, 0.25) is 0 Å². The van der Waals surface area contributed by atoms with Crippen molar-refractivity contribution in [2.75, 3.05) is 6.61 Å². The molecule has 3 rings (SSSR count). The fourth-order valence-electron chi connectivity index (χ4n) is 2.75. The third kappa shape index (κ3) is 1.81. The molecule has 1 aliphatic heterocycles. The Bertz CT molecular complexity index is 380. The summed E-state index contributed by atoms with van der Waals surface area (Å²) in [5, 5.41) is 3.66. The summed E-state index contributed by atoms with van der Waals surface area (Å²) in [7, 11) is 0. The average molecular weight is 218 g/mol. The maximum absolute atomic E-state index is 5.92. The average Bonchev–Trinajstić information content (AvgIpc) is 2.87. The number of nitrogens with two attached hydrogens (primary N) is 1. The van der Waals surface area contributed by atoms with Crippen LogP contribution in [0.5, 0.6) is 5.75 Å². The van der Waals surface area contributed by atoms with Gasteiger partial charge in [0.15, 0.2) is 0 Å². The topological polar surface area (TPSA) is 47.3 Å². The number of rotatable bonds is 2. The Balaban J connectivity index is 1.69. The molecule has 1 aliphatic carbocycles. The molecule has 3 N–H and O–H groups in total. The maximum Gasteiger partial charge on any atom is 0.124 e. The maximum atomic E-state index is 5.92. The first kappa shape index (κ1) is 10.1. The van der Waals surface area contributed by atoms with Gasteiger partial charge in [0, 0.05) is 17.6 Å². The van der Waals surface area contributed by atoms with E-state index in [9.17, 15) is 0 Å². The summed E-state index contributed by atoms with van der Waals surface area (Å²) in [6.07, 6.45) is 3.44. The minimum absolute atomic E-state index is 0.353. The van der Waals surface area contributed by atoms with E-state index in [-0.39, 0.29) is 0 Å².